The minimum absolute atomic E-state index is 0.00431. The molecule has 1 aliphatic rings. The average Bonchev–Trinajstić information content (AvgIpc) is 2.03. The highest BCUT2D eigenvalue weighted by atomic mass is 32.2. The maximum atomic E-state index is 12.3. The highest BCUT2D eigenvalue weighted by Gasteiger charge is 2.44. The van der Waals surface area contributed by atoms with Crippen molar-refractivity contribution in [2.75, 3.05) is 25.9 Å². The predicted octanol–water partition coefficient (Wildman–Crippen LogP) is 1.10. The smallest absolute Gasteiger partial charge is 0.313 e. The molecule has 0 aromatic rings. The van der Waals surface area contributed by atoms with E-state index in [1.54, 1.807) is 6.26 Å². The summed E-state index contributed by atoms with van der Waals surface area (Å²) in [5, 5.41) is 2.73. The third kappa shape index (κ3) is 2.27. The summed E-state index contributed by atoms with van der Waals surface area (Å²) in [5.41, 5.74) is 0. The fourth-order valence-electron chi connectivity index (χ4n) is 1.18. The van der Waals surface area contributed by atoms with E-state index in [4.69, 9.17) is 0 Å². The number of nitrogens with one attached hydrogen (secondary N) is 1. The molecule has 72 valence electrons. The molecule has 0 bridgehead atoms. The molecule has 0 spiro atoms. The van der Waals surface area contributed by atoms with Gasteiger partial charge >= 0.3 is 6.18 Å². The van der Waals surface area contributed by atoms with Crippen LogP contribution in [0.5, 0.6) is 0 Å². The topological polar surface area (TPSA) is 15.3 Å². The van der Waals surface area contributed by atoms with Crippen molar-refractivity contribution in [1.82, 2.24) is 9.62 Å². The highest BCUT2D eigenvalue weighted by Crippen LogP contribution is 2.28. The van der Waals surface area contributed by atoms with E-state index in [-0.39, 0.29) is 6.54 Å². The Bertz CT molecular complexity index is 150. The van der Waals surface area contributed by atoms with Crippen LogP contribution in [0.1, 0.15) is 0 Å². The molecule has 0 amide bonds. The van der Waals surface area contributed by atoms with Crippen LogP contribution in [0.25, 0.3) is 0 Å². The fourth-order valence-corrected chi connectivity index (χ4v) is 1.91. The van der Waals surface area contributed by atoms with Crippen molar-refractivity contribution in [3.05, 3.63) is 0 Å². The summed E-state index contributed by atoms with van der Waals surface area (Å²) in [6.07, 6.45) is -2.44. The first-order valence-corrected chi connectivity index (χ1v) is 4.82. The van der Waals surface area contributed by atoms with Crippen molar-refractivity contribution in [3.63, 3.8) is 0 Å². The molecule has 1 heterocycles. The van der Waals surface area contributed by atoms with Gasteiger partial charge in [-0.25, -0.2) is 4.31 Å². The van der Waals surface area contributed by atoms with Crippen molar-refractivity contribution < 1.29 is 13.2 Å². The number of halogens is 3. The Morgan fingerprint density at radius 2 is 2.17 bits per heavy atom. The number of rotatable bonds is 1. The van der Waals surface area contributed by atoms with Gasteiger partial charge in [0.1, 0.15) is 6.04 Å². The molecule has 0 radical (unpaired) electrons. The van der Waals surface area contributed by atoms with Gasteiger partial charge in [0.05, 0.1) is 0 Å². The lowest BCUT2D eigenvalue weighted by Crippen LogP contribution is -2.54. The molecule has 1 N–H and O–H groups in total. The Morgan fingerprint density at radius 3 is 2.58 bits per heavy atom. The molecule has 2 nitrogen and oxygen atoms in total. The number of hydrogen-bond donors (Lipinski definition) is 1. The molecule has 0 aromatic heterocycles. The second kappa shape index (κ2) is 3.85. The molecule has 1 aliphatic heterocycles. The van der Waals surface area contributed by atoms with Crippen molar-refractivity contribution in [3.8, 4) is 0 Å². The quantitative estimate of drug-likeness (QED) is 0.638. The third-order valence-corrected chi connectivity index (χ3v) is 2.71. The standard InChI is InChI=1S/C6H11F3N2S/c1-12-11-3-2-10-4-5(11)6(7,8)9/h5,10H,2-4H2,1H3/t5-/m1/s1. The van der Waals surface area contributed by atoms with Gasteiger partial charge in [0.25, 0.3) is 0 Å². The van der Waals surface area contributed by atoms with Crippen LogP contribution in [-0.4, -0.2) is 42.4 Å². The van der Waals surface area contributed by atoms with Crippen LogP contribution in [0, 0.1) is 0 Å². The summed E-state index contributed by atoms with van der Waals surface area (Å²) < 4.78 is 38.2. The van der Waals surface area contributed by atoms with E-state index < -0.39 is 12.2 Å². The molecule has 0 aromatic carbocycles. The predicted molar refractivity (Wildman–Crippen MR) is 42.9 cm³/mol. The monoisotopic (exact) mass is 200 g/mol. The van der Waals surface area contributed by atoms with Crippen molar-refractivity contribution >= 4 is 11.9 Å². The first kappa shape index (κ1) is 10.1. The minimum atomic E-state index is -4.11. The summed E-state index contributed by atoms with van der Waals surface area (Å²) >= 11 is 1.15. The summed E-state index contributed by atoms with van der Waals surface area (Å²) in [5.74, 6) is 0. The lowest BCUT2D eigenvalue weighted by atomic mass is 10.2. The van der Waals surface area contributed by atoms with Crippen LogP contribution < -0.4 is 5.32 Å². The van der Waals surface area contributed by atoms with E-state index >= 15 is 0 Å². The number of piperazine rings is 1. The third-order valence-electron chi connectivity index (χ3n) is 1.81. The van der Waals surface area contributed by atoms with Gasteiger partial charge in [0.2, 0.25) is 0 Å². The van der Waals surface area contributed by atoms with E-state index in [9.17, 15) is 13.2 Å². The summed E-state index contributed by atoms with van der Waals surface area (Å²) in [6, 6.07) is -1.33. The Morgan fingerprint density at radius 1 is 1.50 bits per heavy atom. The molecule has 6 heteroatoms. The summed E-state index contributed by atoms with van der Waals surface area (Å²) in [6.45, 7) is 1.09. The molecule has 1 saturated heterocycles. The lowest BCUT2D eigenvalue weighted by Gasteiger charge is -2.35. The molecule has 0 saturated carbocycles. The highest BCUT2D eigenvalue weighted by molar-refractivity contribution is 7.96. The second-order valence-electron chi connectivity index (χ2n) is 2.58. The zero-order valence-electron chi connectivity index (χ0n) is 6.69. The van der Waals surface area contributed by atoms with Crippen LogP contribution in [0.15, 0.2) is 0 Å². The van der Waals surface area contributed by atoms with E-state index in [1.165, 1.54) is 4.31 Å². The zero-order valence-corrected chi connectivity index (χ0v) is 7.50. The molecule has 0 unspecified atom stereocenters. The minimum Gasteiger partial charge on any atom is -0.313 e. The SMILES string of the molecule is CSN1CCNC[C@@H]1C(F)(F)F. The van der Waals surface area contributed by atoms with Crippen molar-refractivity contribution in [2.24, 2.45) is 0 Å². The van der Waals surface area contributed by atoms with Gasteiger partial charge in [0.15, 0.2) is 0 Å². The number of alkyl halides is 3. The fraction of sp³-hybridized carbons (Fsp3) is 1.00. The van der Waals surface area contributed by atoms with Crippen LogP contribution in [0.4, 0.5) is 13.2 Å². The van der Waals surface area contributed by atoms with Gasteiger partial charge in [-0.1, -0.05) is 11.9 Å². The van der Waals surface area contributed by atoms with Crippen LogP contribution in [-0.2, 0) is 0 Å². The lowest BCUT2D eigenvalue weighted by molar-refractivity contribution is -0.172. The number of nitrogens with zero attached hydrogens (tertiary/aromatic N) is 1. The van der Waals surface area contributed by atoms with Crippen molar-refractivity contribution in [2.45, 2.75) is 12.2 Å². The van der Waals surface area contributed by atoms with Gasteiger partial charge in [-0.15, -0.1) is 0 Å². The first-order valence-electron chi connectivity index (χ1n) is 3.64. The Balaban J connectivity index is 2.59. The number of hydrogen-bond acceptors (Lipinski definition) is 3. The van der Waals surface area contributed by atoms with Crippen LogP contribution in [0.3, 0.4) is 0 Å². The molecular weight excluding hydrogens is 189 g/mol. The Labute approximate surface area is 73.6 Å². The second-order valence-corrected chi connectivity index (χ2v) is 3.42. The Hall–Kier alpha value is 0.0600. The van der Waals surface area contributed by atoms with E-state index in [0.29, 0.717) is 13.1 Å². The van der Waals surface area contributed by atoms with Crippen LogP contribution >= 0.6 is 11.9 Å². The Kier molecular flexibility index (Phi) is 3.25. The maximum Gasteiger partial charge on any atom is 0.406 e. The van der Waals surface area contributed by atoms with E-state index in [2.05, 4.69) is 5.32 Å². The van der Waals surface area contributed by atoms with Crippen molar-refractivity contribution in [1.29, 1.82) is 0 Å². The average molecular weight is 200 g/mol. The zero-order chi connectivity index (χ0) is 9.19. The molecule has 1 rings (SSSR count). The van der Waals surface area contributed by atoms with Crippen LogP contribution in [0.2, 0.25) is 0 Å². The largest absolute Gasteiger partial charge is 0.406 e. The molecule has 0 aliphatic carbocycles. The molecule has 1 fully saturated rings. The van der Waals surface area contributed by atoms with E-state index in [0.717, 1.165) is 11.9 Å². The summed E-state index contributed by atoms with van der Waals surface area (Å²) in [4.78, 5) is 0. The maximum absolute atomic E-state index is 12.3. The van der Waals surface area contributed by atoms with Gasteiger partial charge in [-0.2, -0.15) is 13.2 Å². The normalized spacial score (nSPS) is 27.5. The van der Waals surface area contributed by atoms with Gasteiger partial charge in [-0.3, -0.25) is 0 Å². The molecular formula is C6H11F3N2S. The van der Waals surface area contributed by atoms with Gasteiger partial charge in [0, 0.05) is 19.6 Å². The molecule has 1 atom stereocenters. The van der Waals surface area contributed by atoms with Gasteiger partial charge in [-0.05, 0) is 6.26 Å². The molecule has 12 heavy (non-hydrogen) atoms. The summed E-state index contributed by atoms with van der Waals surface area (Å²) in [7, 11) is 0. The first-order chi connectivity index (χ1) is 5.55. The van der Waals surface area contributed by atoms with Gasteiger partial charge < -0.3 is 5.32 Å². The van der Waals surface area contributed by atoms with E-state index in [1.807, 2.05) is 0 Å².